The molecule has 0 amide bonds. The maximum absolute atomic E-state index is 5.83. The van der Waals surface area contributed by atoms with Gasteiger partial charge in [0.25, 0.3) is 0 Å². The van der Waals surface area contributed by atoms with Gasteiger partial charge >= 0.3 is 0 Å². The Bertz CT molecular complexity index is 691. The van der Waals surface area contributed by atoms with Gasteiger partial charge in [-0.25, -0.2) is 0 Å². The fraction of sp³-hybridized carbons (Fsp3) is 0. The molecule has 4 heteroatoms. The summed E-state index contributed by atoms with van der Waals surface area (Å²) >= 11 is 3.44. The molecule has 0 atom stereocenters. The summed E-state index contributed by atoms with van der Waals surface area (Å²) in [6.45, 7) is 0. The van der Waals surface area contributed by atoms with E-state index in [9.17, 15) is 0 Å². The van der Waals surface area contributed by atoms with E-state index in [-0.39, 0.29) is 0 Å². The van der Waals surface area contributed by atoms with Gasteiger partial charge in [0.2, 0.25) is 0 Å². The summed E-state index contributed by atoms with van der Waals surface area (Å²) in [5, 5.41) is 5.03. The molecule has 0 saturated carbocycles. The van der Waals surface area contributed by atoms with Crippen LogP contribution in [0.4, 0.5) is 5.69 Å². The van der Waals surface area contributed by atoms with E-state index in [4.69, 9.17) is 10.3 Å². The summed E-state index contributed by atoms with van der Waals surface area (Å²) in [5.41, 5.74) is 8.90. The first kappa shape index (κ1) is 10.4. The summed E-state index contributed by atoms with van der Waals surface area (Å²) in [6, 6.07) is 13.6. The third-order valence-electron chi connectivity index (χ3n) is 2.63. The first-order valence-corrected chi connectivity index (χ1v) is 5.95. The molecule has 0 bridgehead atoms. The molecule has 0 saturated heterocycles. The number of aromatic nitrogens is 1. The summed E-state index contributed by atoms with van der Waals surface area (Å²) in [6.07, 6.45) is 0. The molecule has 0 aliphatic heterocycles. The van der Waals surface area contributed by atoms with Crippen LogP contribution in [0.3, 0.4) is 0 Å². The topological polar surface area (TPSA) is 52.0 Å². The summed E-state index contributed by atoms with van der Waals surface area (Å²) < 4.78 is 6.29. The van der Waals surface area contributed by atoms with Crippen LogP contribution in [0.25, 0.3) is 22.2 Å². The zero-order valence-electron chi connectivity index (χ0n) is 8.85. The van der Waals surface area contributed by atoms with Crippen LogP contribution in [-0.2, 0) is 0 Å². The van der Waals surface area contributed by atoms with E-state index >= 15 is 0 Å². The van der Waals surface area contributed by atoms with Crippen molar-refractivity contribution in [3.63, 3.8) is 0 Å². The third kappa shape index (κ3) is 1.70. The van der Waals surface area contributed by atoms with Gasteiger partial charge < -0.3 is 10.3 Å². The summed E-state index contributed by atoms with van der Waals surface area (Å²) in [4.78, 5) is 0. The van der Waals surface area contributed by atoms with Crippen molar-refractivity contribution in [2.75, 3.05) is 5.73 Å². The van der Waals surface area contributed by atoms with Gasteiger partial charge in [-0.1, -0.05) is 39.3 Å². The number of rotatable bonds is 1. The van der Waals surface area contributed by atoms with Crippen molar-refractivity contribution in [2.45, 2.75) is 0 Å². The average molecular weight is 289 g/mol. The Labute approximate surface area is 106 Å². The molecule has 0 fully saturated rings. The van der Waals surface area contributed by atoms with Crippen LogP contribution in [0.15, 0.2) is 51.5 Å². The van der Waals surface area contributed by atoms with Crippen molar-refractivity contribution in [3.05, 3.63) is 46.9 Å². The number of fused-ring (bicyclic) bond motifs is 1. The molecule has 0 unspecified atom stereocenters. The van der Waals surface area contributed by atoms with Gasteiger partial charge in [0.05, 0.1) is 11.1 Å². The van der Waals surface area contributed by atoms with Gasteiger partial charge in [0.15, 0.2) is 5.58 Å². The van der Waals surface area contributed by atoms with Crippen molar-refractivity contribution in [3.8, 4) is 11.3 Å². The second-order valence-electron chi connectivity index (χ2n) is 3.77. The molecule has 1 aromatic heterocycles. The Hall–Kier alpha value is -1.81. The number of halogens is 1. The second kappa shape index (κ2) is 3.89. The number of nitrogens with zero attached hydrogens (tertiary/aromatic N) is 1. The van der Waals surface area contributed by atoms with E-state index in [1.807, 2.05) is 36.4 Å². The molecule has 1 heterocycles. The highest BCUT2D eigenvalue weighted by atomic mass is 79.9. The molecule has 2 aromatic carbocycles. The molecular weight excluding hydrogens is 280 g/mol. The largest absolute Gasteiger partial charge is 0.396 e. The Morgan fingerprint density at radius 1 is 1.12 bits per heavy atom. The SMILES string of the molecule is Nc1cccc2c(-c3cccc(Br)c3)noc12. The minimum atomic E-state index is 0.608. The highest BCUT2D eigenvalue weighted by Gasteiger charge is 2.11. The van der Waals surface area contributed by atoms with Crippen molar-refractivity contribution in [1.82, 2.24) is 5.16 Å². The zero-order valence-corrected chi connectivity index (χ0v) is 10.4. The number of hydrogen-bond acceptors (Lipinski definition) is 3. The lowest BCUT2D eigenvalue weighted by atomic mass is 10.1. The van der Waals surface area contributed by atoms with Gasteiger partial charge in [0, 0.05) is 10.0 Å². The molecule has 84 valence electrons. The van der Waals surface area contributed by atoms with Gasteiger partial charge in [-0.2, -0.15) is 0 Å². The van der Waals surface area contributed by atoms with Crippen LogP contribution >= 0.6 is 15.9 Å². The molecule has 0 spiro atoms. The highest BCUT2D eigenvalue weighted by Crippen LogP contribution is 2.31. The Morgan fingerprint density at radius 3 is 2.76 bits per heavy atom. The smallest absolute Gasteiger partial charge is 0.190 e. The lowest BCUT2D eigenvalue weighted by Gasteiger charge is -1.97. The predicted molar refractivity (Wildman–Crippen MR) is 71.6 cm³/mol. The number of benzene rings is 2. The fourth-order valence-corrected chi connectivity index (χ4v) is 2.23. The molecule has 17 heavy (non-hydrogen) atoms. The number of anilines is 1. The number of nitrogens with two attached hydrogens (primary N) is 1. The standard InChI is InChI=1S/C13H9BrN2O/c14-9-4-1-3-8(7-9)12-10-5-2-6-11(15)13(10)17-16-12/h1-7H,15H2. The Balaban J connectivity index is 2.28. The number of hydrogen-bond donors (Lipinski definition) is 1. The molecule has 0 aliphatic rings. The molecule has 3 nitrogen and oxygen atoms in total. The monoisotopic (exact) mass is 288 g/mol. The van der Waals surface area contributed by atoms with E-state index in [0.29, 0.717) is 11.3 Å². The Kier molecular flexibility index (Phi) is 2.37. The zero-order chi connectivity index (χ0) is 11.8. The summed E-state index contributed by atoms with van der Waals surface area (Å²) in [5.74, 6) is 0. The number of para-hydroxylation sites is 1. The van der Waals surface area contributed by atoms with Crippen LogP contribution in [0.5, 0.6) is 0 Å². The van der Waals surface area contributed by atoms with Crippen LogP contribution in [0, 0.1) is 0 Å². The van der Waals surface area contributed by atoms with E-state index in [1.165, 1.54) is 0 Å². The molecule has 3 aromatic rings. The molecule has 2 N–H and O–H groups in total. The van der Waals surface area contributed by atoms with Gasteiger partial charge in [-0.3, -0.25) is 0 Å². The van der Waals surface area contributed by atoms with E-state index < -0.39 is 0 Å². The third-order valence-corrected chi connectivity index (χ3v) is 3.12. The van der Waals surface area contributed by atoms with Crippen LogP contribution in [0.1, 0.15) is 0 Å². The molecule has 0 radical (unpaired) electrons. The van der Waals surface area contributed by atoms with Crippen molar-refractivity contribution < 1.29 is 4.52 Å². The summed E-state index contributed by atoms with van der Waals surface area (Å²) in [7, 11) is 0. The maximum atomic E-state index is 5.83. The highest BCUT2D eigenvalue weighted by molar-refractivity contribution is 9.10. The van der Waals surface area contributed by atoms with Crippen molar-refractivity contribution >= 4 is 32.6 Å². The van der Waals surface area contributed by atoms with Gasteiger partial charge in [0.1, 0.15) is 5.69 Å². The van der Waals surface area contributed by atoms with Crippen molar-refractivity contribution in [2.24, 2.45) is 0 Å². The normalized spacial score (nSPS) is 10.9. The fourth-order valence-electron chi connectivity index (χ4n) is 1.83. The van der Waals surface area contributed by atoms with E-state index in [2.05, 4.69) is 21.1 Å². The predicted octanol–water partition coefficient (Wildman–Crippen LogP) is 3.84. The van der Waals surface area contributed by atoms with Gasteiger partial charge in [-0.05, 0) is 24.3 Å². The second-order valence-corrected chi connectivity index (χ2v) is 4.68. The van der Waals surface area contributed by atoms with Crippen LogP contribution in [-0.4, -0.2) is 5.16 Å². The first-order chi connectivity index (χ1) is 8.25. The minimum absolute atomic E-state index is 0.608. The lowest BCUT2D eigenvalue weighted by molar-refractivity contribution is 0.460. The van der Waals surface area contributed by atoms with Gasteiger partial charge in [-0.15, -0.1) is 0 Å². The Morgan fingerprint density at radius 2 is 1.94 bits per heavy atom. The quantitative estimate of drug-likeness (QED) is 0.692. The van der Waals surface area contributed by atoms with E-state index in [1.54, 1.807) is 6.07 Å². The van der Waals surface area contributed by atoms with Crippen molar-refractivity contribution in [1.29, 1.82) is 0 Å². The lowest BCUT2D eigenvalue weighted by Crippen LogP contribution is -1.83. The van der Waals surface area contributed by atoms with Crippen LogP contribution in [0.2, 0.25) is 0 Å². The minimum Gasteiger partial charge on any atom is -0.396 e. The molecule has 3 rings (SSSR count). The molecule has 0 aliphatic carbocycles. The van der Waals surface area contributed by atoms with Crippen LogP contribution < -0.4 is 5.73 Å². The number of nitrogen functional groups attached to an aromatic ring is 1. The maximum Gasteiger partial charge on any atom is 0.190 e. The average Bonchev–Trinajstić information content (AvgIpc) is 2.74. The first-order valence-electron chi connectivity index (χ1n) is 5.15. The molecular formula is C13H9BrN2O. The van der Waals surface area contributed by atoms with E-state index in [0.717, 1.165) is 21.1 Å².